The van der Waals surface area contributed by atoms with Gasteiger partial charge in [0.1, 0.15) is 5.52 Å². The Morgan fingerprint density at radius 1 is 1.25 bits per heavy atom. The fraction of sp³-hybridized carbons (Fsp3) is 0. The normalized spacial score (nSPS) is 9.83. The number of hydrogen-bond donors (Lipinski definition) is 1. The molecule has 0 atom stereocenters. The molecule has 0 aliphatic rings. The SMILES string of the molecule is Clc1nc(Cl)c2[nH]cnc2n1.[Na]. The summed E-state index contributed by atoms with van der Waals surface area (Å²) in [4.78, 5) is 14.2. The van der Waals surface area contributed by atoms with Gasteiger partial charge in [-0.05, 0) is 11.6 Å². The molecule has 0 amide bonds. The van der Waals surface area contributed by atoms with Crippen LogP contribution in [0.2, 0.25) is 10.4 Å². The van der Waals surface area contributed by atoms with Crippen LogP contribution in [0.4, 0.5) is 0 Å². The van der Waals surface area contributed by atoms with Crippen molar-refractivity contribution in [3.63, 3.8) is 0 Å². The zero-order valence-corrected chi connectivity index (χ0v) is 9.69. The van der Waals surface area contributed by atoms with Crippen LogP contribution in [0.3, 0.4) is 0 Å². The van der Waals surface area contributed by atoms with Crippen LogP contribution < -0.4 is 0 Å². The molecule has 0 aliphatic carbocycles. The van der Waals surface area contributed by atoms with Crippen molar-refractivity contribution in [1.29, 1.82) is 0 Å². The maximum atomic E-state index is 5.70. The number of halogens is 2. The van der Waals surface area contributed by atoms with E-state index in [4.69, 9.17) is 23.2 Å². The third kappa shape index (κ3) is 1.72. The van der Waals surface area contributed by atoms with Gasteiger partial charge in [0.25, 0.3) is 0 Å². The smallest absolute Gasteiger partial charge is 0.225 e. The van der Waals surface area contributed by atoms with Gasteiger partial charge in [0.2, 0.25) is 5.28 Å². The van der Waals surface area contributed by atoms with Crippen molar-refractivity contribution in [3.05, 3.63) is 16.8 Å². The quantitative estimate of drug-likeness (QED) is 0.406. The predicted molar refractivity (Wildman–Crippen MR) is 47.5 cm³/mol. The van der Waals surface area contributed by atoms with E-state index in [1.54, 1.807) is 0 Å². The number of nitrogens with zero attached hydrogens (tertiary/aromatic N) is 3. The van der Waals surface area contributed by atoms with Gasteiger partial charge in [-0.25, -0.2) is 9.97 Å². The molecule has 2 heterocycles. The molecule has 2 aromatic heterocycles. The van der Waals surface area contributed by atoms with E-state index in [1.807, 2.05) is 0 Å². The molecule has 1 N–H and O–H groups in total. The number of H-pyrrole nitrogens is 1. The molecular weight excluding hydrogens is 210 g/mol. The van der Waals surface area contributed by atoms with Gasteiger partial charge in [0.05, 0.1) is 6.33 Å². The summed E-state index contributed by atoms with van der Waals surface area (Å²) in [7, 11) is 0. The van der Waals surface area contributed by atoms with E-state index in [1.165, 1.54) is 6.33 Å². The van der Waals surface area contributed by atoms with Gasteiger partial charge in [-0.15, -0.1) is 0 Å². The topological polar surface area (TPSA) is 54.5 Å². The summed E-state index contributed by atoms with van der Waals surface area (Å²) in [6.07, 6.45) is 1.49. The Morgan fingerprint density at radius 2 is 2.00 bits per heavy atom. The van der Waals surface area contributed by atoms with Gasteiger partial charge in [-0.2, -0.15) is 4.98 Å². The van der Waals surface area contributed by atoms with Gasteiger partial charge < -0.3 is 4.98 Å². The fourth-order valence-electron chi connectivity index (χ4n) is 0.773. The number of nitrogens with one attached hydrogen (secondary N) is 1. The summed E-state index contributed by atoms with van der Waals surface area (Å²) in [5, 5.41) is 0.395. The standard InChI is InChI=1S/C5H2Cl2N4.Na/c6-3-2-4(9-1-8-2)11-5(7)10-3;/h1H,(H,8,9,10,11);. The van der Waals surface area contributed by atoms with Crippen molar-refractivity contribution < 1.29 is 0 Å². The number of fused-ring (bicyclic) bond motifs is 1. The van der Waals surface area contributed by atoms with Gasteiger partial charge in [-0.1, -0.05) is 11.6 Å². The fourth-order valence-corrected chi connectivity index (χ4v) is 1.20. The van der Waals surface area contributed by atoms with Gasteiger partial charge in [0.15, 0.2) is 10.8 Å². The minimum atomic E-state index is 0. The van der Waals surface area contributed by atoms with Crippen LogP contribution in [0.15, 0.2) is 6.33 Å². The molecular formula is C5H2Cl2N4Na. The van der Waals surface area contributed by atoms with Crippen LogP contribution in [0.5, 0.6) is 0 Å². The Kier molecular flexibility index (Phi) is 3.31. The third-order valence-electron chi connectivity index (χ3n) is 1.21. The van der Waals surface area contributed by atoms with Gasteiger partial charge in [0, 0.05) is 29.6 Å². The molecule has 57 valence electrons. The Labute approximate surface area is 100 Å². The van der Waals surface area contributed by atoms with Crippen LogP contribution >= 0.6 is 23.2 Å². The summed E-state index contributed by atoms with van der Waals surface area (Å²) in [6, 6.07) is 0. The molecule has 2 aromatic rings. The summed E-state index contributed by atoms with van der Waals surface area (Å²) in [5.41, 5.74) is 1.09. The first-order valence-corrected chi connectivity index (χ1v) is 3.55. The number of aromatic amines is 1. The molecule has 0 spiro atoms. The van der Waals surface area contributed by atoms with Crippen LogP contribution in [0.1, 0.15) is 0 Å². The molecule has 2 rings (SSSR count). The zero-order valence-electron chi connectivity index (χ0n) is 6.17. The number of imidazole rings is 1. The zero-order chi connectivity index (χ0) is 7.84. The summed E-state index contributed by atoms with van der Waals surface area (Å²) in [5.74, 6) is 0. The molecule has 0 saturated carbocycles. The summed E-state index contributed by atoms with van der Waals surface area (Å²) >= 11 is 11.2. The molecule has 0 saturated heterocycles. The van der Waals surface area contributed by atoms with E-state index in [9.17, 15) is 0 Å². The second-order valence-corrected chi connectivity index (χ2v) is 2.58. The van der Waals surface area contributed by atoms with E-state index in [0.717, 1.165) is 0 Å². The van der Waals surface area contributed by atoms with Crippen molar-refractivity contribution in [2.45, 2.75) is 0 Å². The number of hydrogen-bond acceptors (Lipinski definition) is 3. The van der Waals surface area contributed by atoms with Crippen molar-refractivity contribution in [1.82, 2.24) is 19.9 Å². The molecule has 1 radical (unpaired) electrons. The number of rotatable bonds is 0. The predicted octanol–water partition coefficient (Wildman–Crippen LogP) is 1.28. The van der Waals surface area contributed by atoms with Crippen LogP contribution in [0, 0.1) is 0 Å². The second kappa shape index (κ2) is 3.89. The first-order chi connectivity index (χ1) is 5.27. The van der Waals surface area contributed by atoms with E-state index >= 15 is 0 Å². The van der Waals surface area contributed by atoms with Crippen LogP contribution in [-0.2, 0) is 0 Å². The van der Waals surface area contributed by atoms with Crippen molar-refractivity contribution in [2.75, 3.05) is 0 Å². The largest absolute Gasteiger partial charge is 0.341 e. The first kappa shape index (κ1) is 10.2. The molecule has 0 unspecified atom stereocenters. The Morgan fingerprint density at radius 3 is 2.75 bits per heavy atom. The van der Waals surface area contributed by atoms with Crippen molar-refractivity contribution in [2.24, 2.45) is 0 Å². The van der Waals surface area contributed by atoms with Crippen LogP contribution in [-0.4, -0.2) is 49.5 Å². The Hall–Kier alpha value is 0.130. The van der Waals surface area contributed by atoms with Gasteiger partial charge >= 0.3 is 0 Å². The van der Waals surface area contributed by atoms with Crippen molar-refractivity contribution >= 4 is 63.9 Å². The van der Waals surface area contributed by atoms with E-state index in [0.29, 0.717) is 11.2 Å². The maximum Gasteiger partial charge on any atom is 0.225 e. The summed E-state index contributed by atoms with van der Waals surface area (Å²) < 4.78 is 0. The molecule has 0 aliphatic heterocycles. The van der Waals surface area contributed by atoms with E-state index in [2.05, 4.69) is 19.9 Å². The van der Waals surface area contributed by atoms with E-state index < -0.39 is 0 Å². The molecule has 7 heteroatoms. The average Bonchev–Trinajstić information content (AvgIpc) is 2.34. The van der Waals surface area contributed by atoms with Crippen molar-refractivity contribution in [3.8, 4) is 0 Å². The monoisotopic (exact) mass is 211 g/mol. The molecule has 4 nitrogen and oxygen atoms in total. The molecule has 0 bridgehead atoms. The summed E-state index contributed by atoms with van der Waals surface area (Å²) in [6.45, 7) is 0. The van der Waals surface area contributed by atoms with E-state index in [-0.39, 0.29) is 40.0 Å². The minimum absolute atomic E-state index is 0. The second-order valence-electron chi connectivity index (χ2n) is 1.88. The maximum absolute atomic E-state index is 5.70. The van der Waals surface area contributed by atoms with Crippen LogP contribution in [0.25, 0.3) is 11.2 Å². The molecule has 0 aromatic carbocycles. The Balaban J connectivity index is 0.000000720. The third-order valence-corrected chi connectivity index (χ3v) is 1.66. The molecule has 12 heavy (non-hydrogen) atoms. The Bertz CT molecular complexity index is 401. The minimum Gasteiger partial charge on any atom is -0.341 e. The van der Waals surface area contributed by atoms with Gasteiger partial charge in [-0.3, -0.25) is 0 Å². The number of aromatic nitrogens is 4. The average molecular weight is 212 g/mol. The first-order valence-electron chi connectivity index (χ1n) is 2.79. The molecule has 0 fully saturated rings.